The Morgan fingerprint density at radius 2 is 1.62 bits per heavy atom. The first-order chi connectivity index (χ1) is 11.7. The number of hydrogen-bond donors (Lipinski definition) is 1. The number of amides is 1. The van der Waals surface area contributed by atoms with Crippen molar-refractivity contribution in [1.29, 1.82) is 0 Å². The molecule has 2 nitrogen and oxygen atoms in total. The molecule has 0 saturated heterocycles. The Hall–Kier alpha value is -1.98. The zero-order chi connectivity index (χ0) is 16.9. The van der Waals surface area contributed by atoms with E-state index in [2.05, 4.69) is 5.32 Å². The van der Waals surface area contributed by atoms with E-state index in [1.54, 1.807) is 34.8 Å². The molecule has 1 N–H and O–H groups in total. The predicted octanol–water partition coefficient (Wildman–Crippen LogP) is 5.35. The van der Waals surface area contributed by atoms with E-state index in [-0.39, 0.29) is 23.7 Å². The molecule has 3 rings (SSSR count). The van der Waals surface area contributed by atoms with E-state index < -0.39 is 0 Å². The van der Waals surface area contributed by atoms with Gasteiger partial charge in [-0.1, -0.05) is 31.2 Å². The largest absolute Gasteiger partial charge is 0.348 e. The van der Waals surface area contributed by atoms with Crippen LogP contribution in [-0.4, -0.2) is 5.91 Å². The van der Waals surface area contributed by atoms with Gasteiger partial charge in [0, 0.05) is 9.75 Å². The molecule has 124 valence electrons. The van der Waals surface area contributed by atoms with Crippen LogP contribution in [-0.2, 0) is 4.79 Å². The molecule has 1 atom stereocenters. The van der Waals surface area contributed by atoms with Crippen LogP contribution in [0.25, 0.3) is 0 Å². The maximum absolute atomic E-state index is 13.1. The summed E-state index contributed by atoms with van der Waals surface area (Å²) in [7, 11) is 0. The van der Waals surface area contributed by atoms with E-state index in [4.69, 9.17) is 0 Å². The molecular weight excluding hydrogens is 341 g/mol. The second-order valence-corrected chi connectivity index (χ2v) is 7.44. The van der Waals surface area contributed by atoms with E-state index in [1.165, 1.54) is 12.1 Å². The van der Waals surface area contributed by atoms with Crippen molar-refractivity contribution in [2.24, 2.45) is 0 Å². The molecule has 0 unspecified atom stereocenters. The molecule has 1 amide bonds. The number of hydrogen-bond acceptors (Lipinski definition) is 3. The van der Waals surface area contributed by atoms with Gasteiger partial charge in [0.15, 0.2) is 0 Å². The third-order valence-electron chi connectivity index (χ3n) is 3.91. The number of carbonyl (C=O) groups is 1. The minimum atomic E-state index is -0.292. The average molecular weight is 359 g/mol. The van der Waals surface area contributed by atoms with Crippen LogP contribution in [0.1, 0.15) is 40.6 Å². The molecule has 0 spiro atoms. The molecule has 24 heavy (non-hydrogen) atoms. The van der Waals surface area contributed by atoms with E-state index in [1.807, 2.05) is 41.9 Å². The zero-order valence-corrected chi connectivity index (χ0v) is 14.9. The number of benzene rings is 1. The van der Waals surface area contributed by atoms with Crippen molar-refractivity contribution in [1.82, 2.24) is 5.32 Å². The van der Waals surface area contributed by atoms with Crippen molar-refractivity contribution in [2.45, 2.75) is 25.3 Å². The smallest absolute Gasteiger partial charge is 0.234 e. The highest BCUT2D eigenvalue weighted by Gasteiger charge is 2.26. The van der Waals surface area contributed by atoms with Crippen molar-refractivity contribution in [3.05, 3.63) is 80.4 Å². The normalized spacial score (nSPS) is 12.3. The summed E-state index contributed by atoms with van der Waals surface area (Å²) in [6.07, 6.45) is 0.749. The maximum Gasteiger partial charge on any atom is 0.234 e. The summed E-state index contributed by atoms with van der Waals surface area (Å²) in [5.41, 5.74) is 0.920. The van der Waals surface area contributed by atoms with E-state index >= 15 is 0 Å². The van der Waals surface area contributed by atoms with Gasteiger partial charge in [0.2, 0.25) is 5.91 Å². The second-order valence-electron chi connectivity index (χ2n) is 5.48. The lowest BCUT2D eigenvalue weighted by molar-refractivity contribution is -0.122. The first-order valence-electron chi connectivity index (χ1n) is 7.81. The van der Waals surface area contributed by atoms with Gasteiger partial charge in [-0.3, -0.25) is 4.79 Å². The van der Waals surface area contributed by atoms with Gasteiger partial charge in [-0.2, -0.15) is 0 Å². The van der Waals surface area contributed by atoms with Gasteiger partial charge >= 0.3 is 0 Å². The highest BCUT2D eigenvalue weighted by molar-refractivity contribution is 7.11. The van der Waals surface area contributed by atoms with Crippen LogP contribution in [0.5, 0.6) is 0 Å². The number of thiophene rings is 2. The fourth-order valence-electron chi connectivity index (χ4n) is 2.68. The topological polar surface area (TPSA) is 29.1 Å². The summed E-state index contributed by atoms with van der Waals surface area (Å²) in [5.74, 6) is -0.578. The van der Waals surface area contributed by atoms with Crippen LogP contribution in [0.15, 0.2) is 59.3 Å². The summed E-state index contributed by atoms with van der Waals surface area (Å²) < 4.78 is 13.1. The summed E-state index contributed by atoms with van der Waals surface area (Å²) in [6.45, 7) is 2.01. The molecular formula is C19H18FNOS2. The SMILES string of the molecule is CC[C@@H](NC(=O)C(c1cccs1)c1cccs1)c1ccc(F)cc1. The molecule has 0 radical (unpaired) electrons. The summed E-state index contributed by atoms with van der Waals surface area (Å²) in [4.78, 5) is 15.0. The number of carbonyl (C=O) groups excluding carboxylic acids is 1. The standard InChI is InChI=1S/C19H18FNOS2/c1-2-15(13-7-9-14(20)10-8-13)21-19(22)18(16-5-3-11-23-16)17-6-4-12-24-17/h3-12,15,18H,2H2,1H3,(H,21,22)/t15-/m1/s1. The number of nitrogens with one attached hydrogen (secondary N) is 1. The zero-order valence-electron chi connectivity index (χ0n) is 13.2. The molecule has 2 heterocycles. The van der Waals surface area contributed by atoms with Gasteiger partial charge in [0.25, 0.3) is 0 Å². The van der Waals surface area contributed by atoms with Crippen LogP contribution in [0.3, 0.4) is 0 Å². The number of halogens is 1. The molecule has 3 aromatic rings. The van der Waals surface area contributed by atoms with Crippen molar-refractivity contribution < 1.29 is 9.18 Å². The molecule has 0 fully saturated rings. The summed E-state index contributed by atoms with van der Waals surface area (Å²) >= 11 is 3.17. The molecule has 0 aliphatic carbocycles. The van der Waals surface area contributed by atoms with Gasteiger partial charge in [-0.05, 0) is 47.0 Å². The van der Waals surface area contributed by atoms with Gasteiger partial charge in [-0.25, -0.2) is 4.39 Å². The van der Waals surface area contributed by atoms with Gasteiger partial charge in [0.1, 0.15) is 11.7 Å². The Bertz CT molecular complexity index is 732. The maximum atomic E-state index is 13.1. The average Bonchev–Trinajstić information content (AvgIpc) is 3.28. The first-order valence-corrected chi connectivity index (χ1v) is 9.57. The Morgan fingerprint density at radius 1 is 1.04 bits per heavy atom. The van der Waals surface area contributed by atoms with Crippen LogP contribution in [0.2, 0.25) is 0 Å². The van der Waals surface area contributed by atoms with E-state index in [9.17, 15) is 9.18 Å². The molecule has 0 bridgehead atoms. The van der Waals surface area contributed by atoms with E-state index in [0.717, 1.165) is 21.7 Å². The Kier molecular flexibility index (Phi) is 5.43. The first kappa shape index (κ1) is 16.9. The van der Waals surface area contributed by atoms with Gasteiger partial charge in [0.05, 0.1) is 6.04 Å². The molecule has 0 saturated carbocycles. The second kappa shape index (κ2) is 7.73. The third kappa shape index (κ3) is 3.74. The lowest BCUT2D eigenvalue weighted by atomic mass is 10.0. The van der Waals surface area contributed by atoms with Crippen molar-refractivity contribution >= 4 is 28.6 Å². The molecule has 0 aliphatic rings. The van der Waals surface area contributed by atoms with Gasteiger partial charge < -0.3 is 5.32 Å². The summed E-state index contributed by atoms with van der Waals surface area (Å²) in [5, 5.41) is 7.10. The highest BCUT2D eigenvalue weighted by Crippen LogP contribution is 2.32. The monoisotopic (exact) mass is 359 g/mol. The van der Waals surface area contributed by atoms with Crippen molar-refractivity contribution in [3.63, 3.8) is 0 Å². The minimum absolute atomic E-state index is 0.0175. The molecule has 1 aromatic carbocycles. The molecule has 5 heteroatoms. The van der Waals surface area contributed by atoms with Crippen LogP contribution < -0.4 is 5.32 Å². The van der Waals surface area contributed by atoms with Crippen LogP contribution in [0.4, 0.5) is 4.39 Å². The van der Waals surface area contributed by atoms with Crippen LogP contribution >= 0.6 is 22.7 Å². The fourth-order valence-corrected chi connectivity index (χ4v) is 4.44. The lowest BCUT2D eigenvalue weighted by Crippen LogP contribution is -2.32. The number of rotatable bonds is 6. The Labute approximate surface area is 149 Å². The minimum Gasteiger partial charge on any atom is -0.348 e. The lowest BCUT2D eigenvalue weighted by Gasteiger charge is -2.21. The summed E-state index contributed by atoms with van der Waals surface area (Å²) in [6, 6.07) is 14.1. The predicted molar refractivity (Wildman–Crippen MR) is 98.1 cm³/mol. The molecule has 2 aromatic heterocycles. The highest BCUT2D eigenvalue weighted by atomic mass is 32.1. The van der Waals surface area contributed by atoms with E-state index in [0.29, 0.717) is 0 Å². The quantitative estimate of drug-likeness (QED) is 0.632. The molecule has 0 aliphatic heterocycles. The fraction of sp³-hybridized carbons (Fsp3) is 0.211. The van der Waals surface area contributed by atoms with Gasteiger partial charge in [-0.15, -0.1) is 22.7 Å². The Morgan fingerprint density at radius 3 is 2.08 bits per heavy atom. The van der Waals surface area contributed by atoms with Crippen molar-refractivity contribution in [2.75, 3.05) is 0 Å². The van der Waals surface area contributed by atoms with Crippen LogP contribution in [0, 0.1) is 5.82 Å². The van der Waals surface area contributed by atoms with Crippen molar-refractivity contribution in [3.8, 4) is 0 Å². The Balaban J connectivity index is 1.83. The third-order valence-corrected chi connectivity index (χ3v) is 5.79.